The summed E-state index contributed by atoms with van der Waals surface area (Å²) in [7, 11) is 0. The quantitative estimate of drug-likeness (QED) is 0.500. The van der Waals surface area contributed by atoms with Crippen LogP contribution in [0.1, 0.15) is 33.4 Å². The Labute approximate surface area is 186 Å². The second-order valence-corrected chi connectivity index (χ2v) is 8.10. The fraction of sp³-hybridized carbons (Fsp3) is 0.240. The fourth-order valence-electron chi connectivity index (χ4n) is 4.03. The molecular formula is C25H25N5O2. The second kappa shape index (κ2) is 8.43. The number of hydrogen-bond acceptors (Lipinski definition) is 5. The van der Waals surface area contributed by atoms with Crippen molar-refractivity contribution < 1.29 is 9.53 Å². The molecule has 5 rings (SSSR count). The summed E-state index contributed by atoms with van der Waals surface area (Å²) in [5, 5.41) is 4.36. The zero-order valence-corrected chi connectivity index (χ0v) is 18.1. The van der Waals surface area contributed by atoms with Gasteiger partial charge in [-0.2, -0.15) is 0 Å². The first-order valence-corrected chi connectivity index (χ1v) is 10.7. The highest BCUT2D eigenvalue weighted by Gasteiger charge is 2.28. The standard InChI is InChI=1S/C25H25N5O2/c1-16-5-3-7-20-19(16)13-22(29-20)25(31)30-11-12-32-23(15-30)21-9-8-18(14-27-21)28-24-17(2)6-4-10-26-24/h3-10,13-14,23,29H,11-12,15H2,1-2H3,(H,26,28). The first-order valence-electron chi connectivity index (χ1n) is 10.7. The lowest BCUT2D eigenvalue weighted by molar-refractivity contribution is -0.0248. The topological polar surface area (TPSA) is 83.1 Å². The number of carbonyl (C=O) groups excluding carboxylic acids is 1. The lowest BCUT2D eigenvalue weighted by Crippen LogP contribution is -2.42. The molecule has 7 nitrogen and oxygen atoms in total. The minimum atomic E-state index is -0.260. The molecule has 1 aliphatic heterocycles. The number of fused-ring (bicyclic) bond motifs is 1. The highest BCUT2D eigenvalue weighted by molar-refractivity contribution is 5.98. The number of morpholine rings is 1. The molecule has 0 saturated carbocycles. The Kier molecular flexibility index (Phi) is 5.33. The predicted octanol–water partition coefficient (Wildman–Crippen LogP) is 4.53. The summed E-state index contributed by atoms with van der Waals surface area (Å²) < 4.78 is 5.94. The van der Waals surface area contributed by atoms with Crippen molar-refractivity contribution in [2.45, 2.75) is 20.0 Å². The number of aromatic nitrogens is 3. The van der Waals surface area contributed by atoms with Crippen LogP contribution in [0.25, 0.3) is 10.9 Å². The number of aromatic amines is 1. The van der Waals surface area contributed by atoms with Crippen LogP contribution in [-0.4, -0.2) is 45.5 Å². The number of H-pyrrole nitrogens is 1. The Morgan fingerprint density at radius 1 is 1.12 bits per heavy atom. The van der Waals surface area contributed by atoms with Crippen molar-refractivity contribution in [3.63, 3.8) is 0 Å². The molecule has 4 heterocycles. The zero-order chi connectivity index (χ0) is 22.1. The molecule has 1 aromatic carbocycles. The van der Waals surface area contributed by atoms with Gasteiger partial charge in [0.2, 0.25) is 0 Å². The molecule has 1 aliphatic rings. The van der Waals surface area contributed by atoms with E-state index < -0.39 is 0 Å². The van der Waals surface area contributed by atoms with Gasteiger partial charge in [0.05, 0.1) is 30.7 Å². The highest BCUT2D eigenvalue weighted by atomic mass is 16.5. The number of pyridine rings is 2. The van der Waals surface area contributed by atoms with Crippen LogP contribution < -0.4 is 5.32 Å². The minimum Gasteiger partial charge on any atom is -0.368 e. The molecule has 4 aromatic rings. The first-order chi connectivity index (χ1) is 15.6. The zero-order valence-electron chi connectivity index (χ0n) is 18.1. The van der Waals surface area contributed by atoms with Gasteiger partial charge in [0.15, 0.2) is 0 Å². The fourth-order valence-corrected chi connectivity index (χ4v) is 4.03. The number of anilines is 2. The van der Waals surface area contributed by atoms with E-state index in [4.69, 9.17) is 4.74 Å². The molecule has 0 aliphatic carbocycles. The number of hydrogen-bond donors (Lipinski definition) is 2. The average Bonchev–Trinajstić information content (AvgIpc) is 3.26. The molecular weight excluding hydrogens is 402 g/mol. The first kappa shape index (κ1) is 20.2. The average molecular weight is 428 g/mol. The summed E-state index contributed by atoms with van der Waals surface area (Å²) in [6.45, 7) is 5.56. The van der Waals surface area contributed by atoms with Gasteiger partial charge in [0, 0.05) is 23.6 Å². The number of ether oxygens (including phenoxy) is 1. The second-order valence-electron chi connectivity index (χ2n) is 8.10. The number of carbonyl (C=O) groups is 1. The molecule has 162 valence electrons. The van der Waals surface area contributed by atoms with Crippen molar-refractivity contribution in [3.8, 4) is 0 Å². The van der Waals surface area contributed by atoms with Gasteiger partial charge in [0.1, 0.15) is 17.6 Å². The van der Waals surface area contributed by atoms with Crippen molar-refractivity contribution in [2.24, 2.45) is 0 Å². The minimum absolute atomic E-state index is 0.0159. The summed E-state index contributed by atoms with van der Waals surface area (Å²) in [5.74, 6) is 0.791. The van der Waals surface area contributed by atoms with Gasteiger partial charge >= 0.3 is 0 Å². The molecule has 1 amide bonds. The van der Waals surface area contributed by atoms with E-state index in [1.54, 1.807) is 12.4 Å². The SMILES string of the molecule is Cc1cccnc1Nc1ccc(C2CN(C(=O)c3cc4c(C)cccc4[nH]3)CCO2)nc1. The van der Waals surface area contributed by atoms with Gasteiger partial charge in [0.25, 0.3) is 5.91 Å². The van der Waals surface area contributed by atoms with E-state index in [0.29, 0.717) is 25.4 Å². The van der Waals surface area contributed by atoms with E-state index in [-0.39, 0.29) is 12.0 Å². The van der Waals surface area contributed by atoms with Crippen LogP contribution in [0, 0.1) is 13.8 Å². The lowest BCUT2D eigenvalue weighted by Gasteiger charge is -2.32. The molecule has 0 spiro atoms. The van der Waals surface area contributed by atoms with Crippen LogP contribution in [-0.2, 0) is 4.74 Å². The molecule has 0 bridgehead atoms. The Balaban J connectivity index is 1.29. The van der Waals surface area contributed by atoms with Gasteiger partial charge < -0.3 is 19.9 Å². The van der Waals surface area contributed by atoms with E-state index in [1.807, 2.05) is 54.3 Å². The maximum absolute atomic E-state index is 13.1. The number of amides is 1. The van der Waals surface area contributed by atoms with Crippen molar-refractivity contribution in [3.05, 3.63) is 83.4 Å². The third kappa shape index (κ3) is 3.94. The maximum Gasteiger partial charge on any atom is 0.270 e. The van der Waals surface area contributed by atoms with Crippen LogP contribution in [0.2, 0.25) is 0 Å². The number of nitrogens with zero attached hydrogens (tertiary/aromatic N) is 3. The molecule has 1 fully saturated rings. The molecule has 1 unspecified atom stereocenters. The van der Waals surface area contributed by atoms with Crippen molar-refractivity contribution in [2.75, 3.05) is 25.0 Å². The van der Waals surface area contributed by atoms with Gasteiger partial charge in [-0.15, -0.1) is 0 Å². The molecule has 1 saturated heterocycles. The Bertz CT molecular complexity index is 1270. The van der Waals surface area contributed by atoms with Gasteiger partial charge in [-0.05, 0) is 55.3 Å². The van der Waals surface area contributed by atoms with Crippen LogP contribution in [0.3, 0.4) is 0 Å². The maximum atomic E-state index is 13.1. The smallest absolute Gasteiger partial charge is 0.270 e. The van der Waals surface area contributed by atoms with Crippen molar-refractivity contribution in [1.29, 1.82) is 0 Å². The molecule has 32 heavy (non-hydrogen) atoms. The van der Waals surface area contributed by atoms with Gasteiger partial charge in [-0.25, -0.2) is 4.98 Å². The molecule has 1 atom stereocenters. The van der Waals surface area contributed by atoms with Crippen molar-refractivity contribution in [1.82, 2.24) is 19.9 Å². The highest BCUT2D eigenvalue weighted by Crippen LogP contribution is 2.25. The summed E-state index contributed by atoms with van der Waals surface area (Å²) >= 11 is 0. The summed E-state index contributed by atoms with van der Waals surface area (Å²) in [6, 6.07) is 15.8. The van der Waals surface area contributed by atoms with Crippen LogP contribution in [0.15, 0.2) is 60.9 Å². The van der Waals surface area contributed by atoms with E-state index in [2.05, 4.69) is 33.3 Å². The predicted molar refractivity (Wildman–Crippen MR) is 124 cm³/mol. The van der Waals surface area contributed by atoms with Crippen LogP contribution >= 0.6 is 0 Å². The van der Waals surface area contributed by atoms with E-state index in [1.165, 1.54) is 0 Å². The summed E-state index contributed by atoms with van der Waals surface area (Å²) in [5.41, 5.74) is 5.45. The molecule has 3 aromatic heterocycles. The Morgan fingerprint density at radius 3 is 2.78 bits per heavy atom. The monoisotopic (exact) mass is 427 g/mol. The van der Waals surface area contributed by atoms with Gasteiger partial charge in [-0.1, -0.05) is 18.2 Å². The number of rotatable bonds is 4. The number of benzene rings is 1. The third-order valence-corrected chi connectivity index (χ3v) is 5.85. The molecule has 0 radical (unpaired) electrons. The summed E-state index contributed by atoms with van der Waals surface area (Å²) in [6.07, 6.45) is 3.27. The third-order valence-electron chi connectivity index (χ3n) is 5.85. The molecule has 2 N–H and O–H groups in total. The largest absolute Gasteiger partial charge is 0.368 e. The van der Waals surface area contributed by atoms with E-state index >= 15 is 0 Å². The number of nitrogens with one attached hydrogen (secondary N) is 2. The van der Waals surface area contributed by atoms with Crippen LogP contribution in [0.5, 0.6) is 0 Å². The normalized spacial score (nSPS) is 16.3. The van der Waals surface area contributed by atoms with E-state index in [9.17, 15) is 4.79 Å². The number of aryl methyl sites for hydroxylation is 2. The van der Waals surface area contributed by atoms with E-state index in [0.717, 1.165) is 39.2 Å². The van der Waals surface area contributed by atoms with Crippen LogP contribution in [0.4, 0.5) is 11.5 Å². The molecule has 7 heteroatoms. The Morgan fingerprint density at radius 2 is 2.00 bits per heavy atom. The van der Waals surface area contributed by atoms with Gasteiger partial charge in [-0.3, -0.25) is 9.78 Å². The van der Waals surface area contributed by atoms with Crippen molar-refractivity contribution >= 4 is 28.3 Å². The summed E-state index contributed by atoms with van der Waals surface area (Å²) in [4.78, 5) is 27.2. The lowest BCUT2D eigenvalue weighted by atomic mass is 10.1. The Hall–Kier alpha value is -3.71.